The van der Waals surface area contributed by atoms with Gasteiger partial charge in [-0.05, 0) is 38.3 Å². The number of fused-ring (bicyclic) bond motifs is 1. The molecule has 1 aromatic rings. The Hall–Kier alpha value is -1.02. The highest BCUT2D eigenvalue weighted by atomic mass is 16.5. The van der Waals surface area contributed by atoms with Crippen molar-refractivity contribution in [2.75, 3.05) is 0 Å². The molecule has 0 bridgehead atoms. The lowest BCUT2D eigenvalue weighted by atomic mass is 10.1. The van der Waals surface area contributed by atoms with Crippen molar-refractivity contribution in [3.63, 3.8) is 0 Å². The molecule has 0 aliphatic heterocycles. The van der Waals surface area contributed by atoms with Crippen LogP contribution in [0, 0.1) is 0 Å². The fourth-order valence-electron chi connectivity index (χ4n) is 1.98. The SMILES string of the molecule is CC(C)Oc1cccc2c1C(O)CC2. The molecule has 0 heterocycles. The molecular weight excluding hydrogens is 176 g/mol. The van der Waals surface area contributed by atoms with E-state index in [9.17, 15) is 5.11 Å². The Morgan fingerprint density at radius 1 is 1.43 bits per heavy atom. The van der Waals surface area contributed by atoms with Crippen LogP contribution < -0.4 is 4.74 Å². The molecule has 1 aliphatic carbocycles. The maximum atomic E-state index is 9.80. The molecule has 1 unspecified atom stereocenters. The van der Waals surface area contributed by atoms with Gasteiger partial charge in [0, 0.05) is 5.56 Å². The highest BCUT2D eigenvalue weighted by Crippen LogP contribution is 2.37. The zero-order chi connectivity index (χ0) is 10.1. The van der Waals surface area contributed by atoms with E-state index >= 15 is 0 Å². The number of aryl methyl sites for hydroxylation is 1. The summed E-state index contributed by atoms with van der Waals surface area (Å²) in [6.07, 6.45) is 1.62. The van der Waals surface area contributed by atoms with Gasteiger partial charge in [0.1, 0.15) is 5.75 Å². The summed E-state index contributed by atoms with van der Waals surface area (Å²) >= 11 is 0. The van der Waals surface area contributed by atoms with Crippen molar-refractivity contribution >= 4 is 0 Å². The van der Waals surface area contributed by atoms with Crippen LogP contribution in [0.1, 0.15) is 37.5 Å². The van der Waals surface area contributed by atoms with E-state index in [2.05, 4.69) is 6.07 Å². The first-order valence-electron chi connectivity index (χ1n) is 5.15. The molecule has 2 nitrogen and oxygen atoms in total. The van der Waals surface area contributed by atoms with Crippen molar-refractivity contribution in [2.24, 2.45) is 0 Å². The fourth-order valence-corrected chi connectivity index (χ4v) is 1.98. The van der Waals surface area contributed by atoms with E-state index < -0.39 is 0 Å². The van der Waals surface area contributed by atoms with Crippen LogP contribution in [-0.4, -0.2) is 11.2 Å². The van der Waals surface area contributed by atoms with Crippen LogP contribution in [0.2, 0.25) is 0 Å². The van der Waals surface area contributed by atoms with Crippen molar-refractivity contribution in [1.29, 1.82) is 0 Å². The van der Waals surface area contributed by atoms with E-state index in [0.29, 0.717) is 0 Å². The van der Waals surface area contributed by atoms with Crippen LogP contribution in [0.15, 0.2) is 18.2 Å². The van der Waals surface area contributed by atoms with Crippen LogP contribution in [-0.2, 0) is 6.42 Å². The van der Waals surface area contributed by atoms with Gasteiger partial charge in [-0.15, -0.1) is 0 Å². The van der Waals surface area contributed by atoms with Gasteiger partial charge in [-0.2, -0.15) is 0 Å². The Balaban J connectivity index is 2.36. The highest BCUT2D eigenvalue weighted by molar-refractivity contribution is 5.44. The molecule has 0 amide bonds. The summed E-state index contributed by atoms with van der Waals surface area (Å²) in [6, 6.07) is 6.00. The first-order valence-corrected chi connectivity index (χ1v) is 5.15. The predicted octanol–water partition coefficient (Wildman–Crippen LogP) is 2.45. The second-order valence-electron chi connectivity index (χ2n) is 4.05. The van der Waals surface area contributed by atoms with Crippen LogP contribution in [0.3, 0.4) is 0 Å². The fraction of sp³-hybridized carbons (Fsp3) is 0.500. The number of hydrogen-bond acceptors (Lipinski definition) is 2. The molecule has 76 valence electrons. The lowest BCUT2D eigenvalue weighted by Crippen LogP contribution is -2.08. The smallest absolute Gasteiger partial charge is 0.125 e. The Bertz CT molecular complexity index is 331. The Morgan fingerprint density at radius 2 is 2.21 bits per heavy atom. The van der Waals surface area contributed by atoms with E-state index in [1.165, 1.54) is 5.56 Å². The number of aliphatic hydroxyl groups is 1. The summed E-state index contributed by atoms with van der Waals surface area (Å²) in [6.45, 7) is 4.00. The topological polar surface area (TPSA) is 29.5 Å². The second kappa shape index (κ2) is 3.62. The quantitative estimate of drug-likeness (QED) is 0.780. The van der Waals surface area contributed by atoms with Crippen LogP contribution >= 0.6 is 0 Å². The van der Waals surface area contributed by atoms with Gasteiger partial charge in [-0.25, -0.2) is 0 Å². The van der Waals surface area contributed by atoms with Gasteiger partial charge in [0.05, 0.1) is 12.2 Å². The predicted molar refractivity (Wildman–Crippen MR) is 55.5 cm³/mol. The number of ether oxygens (including phenoxy) is 1. The summed E-state index contributed by atoms with van der Waals surface area (Å²) in [4.78, 5) is 0. The van der Waals surface area contributed by atoms with Crippen molar-refractivity contribution < 1.29 is 9.84 Å². The third kappa shape index (κ3) is 1.62. The van der Waals surface area contributed by atoms with Gasteiger partial charge >= 0.3 is 0 Å². The molecule has 0 aromatic heterocycles. The van der Waals surface area contributed by atoms with Gasteiger partial charge in [0.25, 0.3) is 0 Å². The summed E-state index contributed by atoms with van der Waals surface area (Å²) in [5.41, 5.74) is 2.23. The second-order valence-corrected chi connectivity index (χ2v) is 4.05. The van der Waals surface area contributed by atoms with Gasteiger partial charge < -0.3 is 9.84 Å². The minimum Gasteiger partial charge on any atom is -0.491 e. The minimum atomic E-state index is -0.333. The Morgan fingerprint density at radius 3 is 2.93 bits per heavy atom. The molecular formula is C12H16O2. The van der Waals surface area contributed by atoms with E-state index in [4.69, 9.17) is 4.74 Å². The summed E-state index contributed by atoms with van der Waals surface area (Å²) in [5, 5.41) is 9.80. The molecule has 1 aromatic carbocycles. The average Bonchev–Trinajstić information content (AvgIpc) is 2.48. The molecule has 0 radical (unpaired) electrons. The maximum Gasteiger partial charge on any atom is 0.125 e. The van der Waals surface area contributed by atoms with Gasteiger partial charge in [-0.3, -0.25) is 0 Å². The highest BCUT2D eigenvalue weighted by Gasteiger charge is 2.24. The summed E-state index contributed by atoms with van der Waals surface area (Å²) in [5.74, 6) is 0.850. The molecule has 1 N–H and O–H groups in total. The van der Waals surface area contributed by atoms with E-state index in [1.54, 1.807) is 0 Å². The molecule has 14 heavy (non-hydrogen) atoms. The molecule has 0 saturated carbocycles. The molecule has 2 rings (SSSR count). The van der Waals surface area contributed by atoms with Gasteiger partial charge in [0.2, 0.25) is 0 Å². The minimum absolute atomic E-state index is 0.161. The standard InChI is InChI=1S/C12H16O2/c1-8(2)14-11-5-3-4-9-6-7-10(13)12(9)11/h3-5,8,10,13H,6-7H2,1-2H3. The van der Waals surface area contributed by atoms with Crippen molar-refractivity contribution in [1.82, 2.24) is 0 Å². The van der Waals surface area contributed by atoms with Crippen molar-refractivity contribution in [2.45, 2.75) is 38.9 Å². The zero-order valence-electron chi connectivity index (χ0n) is 8.66. The Labute approximate surface area is 84.5 Å². The van der Waals surface area contributed by atoms with Crippen LogP contribution in [0.25, 0.3) is 0 Å². The largest absolute Gasteiger partial charge is 0.491 e. The van der Waals surface area contributed by atoms with E-state index in [1.807, 2.05) is 26.0 Å². The normalized spacial score (nSPS) is 19.9. The molecule has 0 fully saturated rings. The zero-order valence-corrected chi connectivity index (χ0v) is 8.66. The molecule has 1 aliphatic rings. The van der Waals surface area contributed by atoms with Gasteiger partial charge in [0.15, 0.2) is 0 Å². The monoisotopic (exact) mass is 192 g/mol. The van der Waals surface area contributed by atoms with Crippen molar-refractivity contribution in [3.05, 3.63) is 29.3 Å². The summed E-state index contributed by atoms with van der Waals surface area (Å²) < 4.78 is 5.67. The first kappa shape index (κ1) is 9.53. The third-order valence-corrected chi connectivity index (χ3v) is 2.54. The van der Waals surface area contributed by atoms with Crippen LogP contribution in [0.5, 0.6) is 5.75 Å². The third-order valence-electron chi connectivity index (χ3n) is 2.54. The van der Waals surface area contributed by atoms with Crippen molar-refractivity contribution in [3.8, 4) is 5.75 Å². The first-order chi connectivity index (χ1) is 6.68. The lowest BCUT2D eigenvalue weighted by molar-refractivity contribution is 0.168. The number of hydrogen-bond donors (Lipinski definition) is 1. The number of aliphatic hydroxyl groups excluding tert-OH is 1. The molecule has 0 saturated heterocycles. The maximum absolute atomic E-state index is 9.80. The molecule has 1 atom stereocenters. The summed E-state index contributed by atoms with van der Waals surface area (Å²) in [7, 11) is 0. The van der Waals surface area contributed by atoms with Crippen LogP contribution in [0.4, 0.5) is 0 Å². The number of benzene rings is 1. The average molecular weight is 192 g/mol. The molecule has 0 spiro atoms. The van der Waals surface area contributed by atoms with Gasteiger partial charge in [-0.1, -0.05) is 12.1 Å². The molecule has 2 heteroatoms. The van der Waals surface area contributed by atoms with E-state index in [-0.39, 0.29) is 12.2 Å². The van der Waals surface area contributed by atoms with E-state index in [0.717, 1.165) is 24.2 Å². The number of rotatable bonds is 2. The lowest BCUT2D eigenvalue weighted by Gasteiger charge is -2.15. The Kier molecular flexibility index (Phi) is 2.46.